The zero-order chi connectivity index (χ0) is 55.7. The lowest BCUT2D eigenvalue weighted by molar-refractivity contribution is -0.166. The van der Waals surface area contributed by atoms with Gasteiger partial charge in [0.05, 0.1) is 0 Å². The molecule has 0 fully saturated rings. The molecule has 1 unspecified atom stereocenters. The molecule has 0 aromatic carbocycles. The average Bonchev–Trinajstić information content (AvgIpc) is 3.43. The third-order valence-electron chi connectivity index (χ3n) is 13.1. The maximum absolute atomic E-state index is 12.8. The van der Waals surface area contributed by atoms with E-state index < -0.39 is 12.1 Å². The molecule has 436 valence electrons. The number of esters is 3. The van der Waals surface area contributed by atoms with E-state index in [0.29, 0.717) is 19.3 Å². The van der Waals surface area contributed by atoms with Gasteiger partial charge in [-0.1, -0.05) is 276 Å². The third-order valence-corrected chi connectivity index (χ3v) is 13.1. The van der Waals surface area contributed by atoms with E-state index >= 15 is 0 Å². The van der Waals surface area contributed by atoms with Gasteiger partial charge in [-0.15, -0.1) is 0 Å². The summed E-state index contributed by atoms with van der Waals surface area (Å²) in [6, 6.07) is 0. The minimum atomic E-state index is -0.824. The van der Waals surface area contributed by atoms with Crippen LogP contribution in [0.15, 0.2) is 134 Å². The number of hydrogen-bond donors (Lipinski definition) is 0. The largest absolute Gasteiger partial charge is 0.462 e. The number of rotatable bonds is 56. The molecule has 0 aromatic rings. The van der Waals surface area contributed by atoms with Crippen molar-refractivity contribution >= 4 is 17.9 Å². The lowest BCUT2D eigenvalue weighted by Crippen LogP contribution is -2.30. The summed E-state index contributed by atoms with van der Waals surface area (Å²) in [5, 5.41) is 0. The second-order valence-corrected chi connectivity index (χ2v) is 20.5. The Bertz CT molecular complexity index is 1650. The number of ether oxygens (including phenoxy) is 3. The Balaban J connectivity index is 4.18. The van der Waals surface area contributed by atoms with Gasteiger partial charge in [-0.05, 0) is 116 Å². The first-order valence-corrected chi connectivity index (χ1v) is 31.7. The SMILES string of the molecule is CC/C=C\C/C=C\C/C=C\C/C=C\C/C=C\CCCCCCCCCCCCCCCCCCCC(=O)OCC(COC(=O)CCCCCCC/C=C\C/C=C\CCC)OC(=O)CC/C=C\C/C=C\C/C=C\C/C=C\CC. The summed E-state index contributed by atoms with van der Waals surface area (Å²) < 4.78 is 16.8. The number of unbranched alkanes of at least 4 members (excludes halogenated alkanes) is 23. The summed E-state index contributed by atoms with van der Waals surface area (Å²) in [7, 11) is 0. The van der Waals surface area contributed by atoms with Gasteiger partial charge in [-0.25, -0.2) is 0 Å². The van der Waals surface area contributed by atoms with Crippen molar-refractivity contribution in [1.29, 1.82) is 0 Å². The molecule has 0 N–H and O–H groups in total. The molecular weight excluding hydrogens is 949 g/mol. The Kier molecular flexibility index (Phi) is 60.4. The highest BCUT2D eigenvalue weighted by Gasteiger charge is 2.19. The molecule has 0 amide bonds. The Morgan fingerprint density at radius 2 is 0.532 bits per heavy atom. The number of carbonyl (C=O) groups excluding carboxylic acids is 3. The van der Waals surface area contributed by atoms with Crippen molar-refractivity contribution in [3.8, 4) is 0 Å². The van der Waals surface area contributed by atoms with Crippen molar-refractivity contribution in [2.75, 3.05) is 13.2 Å². The van der Waals surface area contributed by atoms with Gasteiger partial charge in [-0.3, -0.25) is 14.4 Å². The van der Waals surface area contributed by atoms with Gasteiger partial charge in [-0.2, -0.15) is 0 Å². The van der Waals surface area contributed by atoms with Gasteiger partial charge in [0.2, 0.25) is 0 Å². The van der Waals surface area contributed by atoms with Crippen molar-refractivity contribution in [2.24, 2.45) is 0 Å². The molecule has 0 aromatic heterocycles. The van der Waals surface area contributed by atoms with Gasteiger partial charge in [0.25, 0.3) is 0 Å². The molecule has 0 saturated carbocycles. The van der Waals surface area contributed by atoms with E-state index in [0.717, 1.165) is 128 Å². The third kappa shape index (κ3) is 62.3. The van der Waals surface area contributed by atoms with E-state index in [4.69, 9.17) is 14.2 Å². The number of carbonyl (C=O) groups is 3. The van der Waals surface area contributed by atoms with E-state index in [1.807, 2.05) is 12.2 Å². The molecule has 0 aliphatic carbocycles. The molecule has 0 heterocycles. The highest BCUT2D eigenvalue weighted by atomic mass is 16.6. The molecule has 1 atom stereocenters. The predicted octanol–water partition coefficient (Wildman–Crippen LogP) is 21.8. The fraction of sp³-hybridized carbons (Fsp3) is 0.648. The van der Waals surface area contributed by atoms with Crippen LogP contribution in [0.3, 0.4) is 0 Å². The summed E-state index contributed by atoms with van der Waals surface area (Å²) in [5.74, 6) is -1.01. The predicted molar refractivity (Wildman–Crippen MR) is 334 cm³/mol. The van der Waals surface area contributed by atoms with E-state index in [1.54, 1.807) is 0 Å². The molecule has 0 spiro atoms. The zero-order valence-electron chi connectivity index (χ0n) is 49.9. The highest BCUT2D eigenvalue weighted by molar-refractivity contribution is 5.71. The summed E-state index contributed by atoms with van der Waals surface area (Å²) in [5.41, 5.74) is 0. The normalized spacial score (nSPS) is 13.0. The molecule has 0 aliphatic rings. The van der Waals surface area contributed by atoms with Gasteiger partial charge in [0.1, 0.15) is 13.2 Å². The van der Waals surface area contributed by atoms with Crippen LogP contribution in [-0.4, -0.2) is 37.2 Å². The molecule has 0 bridgehead atoms. The van der Waals surface area contributed by atoms with Gasteiger partial charge >= 0.3 is 17.9 Å². The lowest BCUT2D eigenvalue weighted by atomic mass is 10.0. The molecule has 6 heteroatoms. The van der Waals surface area contributed by atoms with Crippen LogP contribution in [-0.2, 0) is 28.6 Å². The first-order valence-electron chi connectivity index (χ1n) is 31.7. The molecule has 77 heavy (non-hydrogen) atoms. The maximum atomic E-state index is 12.8. The Morgan fingerprint density at radius 3 is 0.844 bits per heavy atom. The minimum absolute atomic E-state index is 0.112. The topological polar surface area (TPSA) is 78.9 Å². The average molecular weight is 1070 g/mol. The van der Waals surface area contributed by atoms with Crippen LogP contribution < -0.4 is 0 Å². The second kappa shape index (κ2) is 64.1. The summed E-state index contributed by atoms with van der Waals surface area (Å²) >= 11 is 0. The monoisotopic (exact) mass is 1060 g/mol. The van der Waals surface area contributed by atoms with E-state index in [1.165, 1.54) is 103 Å². The standard InChI is InChI=1S/C71H116O6/c1-4-7-10-13-16-19-22-25-26-27-28-29-30-31-32-33-34-35-36-37-38-39-40-41-42-43-44-47-49-52-55-58-61-64-70(73)76-67-68(77-71(74)65-62-59-56-53-50-46-24-21-18-15-12-9-6-3)66-75-69(72)63-60-57-54-51-48-45-23-20-17-14-11-8-5-2/h7,9-12,14,16,18-21,23,25-26,28-29,31-32,46,50,56,59,68H,4-6,8,13,15,17,22,24,27,30,33-45,47-49,51-55,57-58,60-67H2,1-3H3/b10-7-,12-9-,14-11-,19-16-,21-18-,23-20-,26-25-,29-28-,32-31-,50-46-,59-56-. The van der Waals surface area contributed by atoms with Crippen LogP contribution >= 0.6 is 0 Å². The molecule has 0 saturated heterocycles. The van der Waals surface area contributed by atoms with Gasteiger partial charge in [0.15, 0.2) is 6.10 Å². The first-order chi connectivity index (χ1) is 38.0. The van der Waals surface area contributed by atoms with Crippen molar-refractivity contribution in [1.82, 2.24) is 0 Å². The van der Waals surface area contributed by atoms with Crippen LogP contribution in [0.4, 0.5) is 0 Å². The van der Waals surface area contributed by atoms with Gasteiger partial charge < -0.3 is 14.2 Å². The molecular formula is C71H116O6. The van der Waals surface area contributed by atoms with Crippen LogP contribution in [0.5, 0.6) is 0 Å². The van der Waals surface area contributed by atoms with Crippen LogP contribution in [0.2, 0.25) is 0 Å². The Morgan fingerprint density at radius 1 is 0.273 bits per heavy atom. The van der Waals surface area contributed by atoms with Crippen molar-refractivity contribution in [3.63, 3.8) is 0 Å². The van der Waals surface area contributed by atoms with Crippen LogP contribution in [0.1, 0.15) is 278 Å². The lowest BCUT2D eigenvalue weighted by Gasteiger charge is -2.18. The zero-order valence-corrected chi connectivity index (χ0v) is 49.9. The molecule has 0 aliphatic heterocycles. The number of hydrogen-bond acceptors (Lipinski definition) is 6. The van der Waals surface area contributed by atoms with Crippen LogP contribution in [0.25, 0.3) is 0 Å². The van der Waals surface area contributed by atoms with E-state index in [9.17, 15) is 14.4 Å². The second-order valence-electron chi connectivity index (χ2n) is 20.5. The van der Waals surface area contributed by atoms with Crippen molar-refractivity contribution in [3.05, 3.63) is 134 Å². The van der Waals surface area contributed by atoms with Crippen molar-refractivity contribution < 1.29 is 28.6 Å². The molecule has 0 rings (SSSR count). The quantitative estimate of drug-likeness (QED) is 0.0261. The Hall–Kier alpha value is -4.45. The molecule has 0 radical (unpaired) electrons. The maximum Gasteiger partial charge on any atom is 0.306 e. The smallest absolute Gasteiger partial charge is 0.306 e. The van der Waals surface area contributed by atoms with Crippen LogP contribution in [0, 0.1) is 0 Å². The minimum Gasteiger partial charge on any atom is -0.462 e. The fourth-order valence-electron chi connectivity index (χ4n) is 8.46. The summed E-state index contributed by atoms with van der Waals surface area (Å²) in [4.78, 5) is 38.1. The Labute approximate surface area is 475 Å². The summed E-state index contributed by atoms with van der Waals surface area (Å²) in [6.07, 6.45) is 90.7. The van der Waals surface area contributed by atoms with E-state index in [2.05, 4.69) is 142 Å². The fourth-order valence-corrected chi connectivity index (χ4v) is 8.46. The van der Waals surface area contributed by atoms with E-state index in [-0.39, 0.29) is 31.6 Å². The van der Waals surface area contributed by atoms with Crippen molar-refractivity contribution in [2.45, 2.75) is 284 Å². The first kappa shape index (κ1) is 72.5. The van der Waals surface area contributed by atoms with Gasteiger partial charge in [0, 0.05) is 19.3 Å². The number of allylic oxidation sites excluding steroid dienone is 22. The highest BCUT2D eigenvalue weighted by Crippen LogP contribution is 2.16. The molecule has 6 nitrogen and oxygen atoms in total. The summed E-state index contributed by atoms with van der Waals surface area (Å²) in [6.45, 7) is 6.27.